The number of urea groups is 1. The van der Waals surface area contributed by atoms with Crippen molar-refractivity contribution in [2.75, 3.05) is 26.1 Å². The molecular weight excluding hydrogens is 236 g/mol. The largest absolute Gasteiger partial charge is 0.376 e. The fraction of sp³-hybridized carbons (Fsp3) is 0.636. The van der Waals surface area contributed by atoms with Gasteiger partial charge in [-0.2, -0.15) is 5.10 Å². The molecule has 0 bridgehead atoms. The van der Waals surface area contributed by atoms with Crippen molar-refractivity contribution in [3.63, 3.8) is 0 Å². The van der Waals surface area contributed by atoms with E-state index in [1.807, 2.05) is 0 Å². The van der Waals surface area contributed by atoms with Gasteiger partial charge in [-0.25, -0.2) is 9.86 Å². The summed E-state index contributed by atoms with van der Waals surface area (Å²) in [6.45, 7) is 1.55. The lowest BCUT2D eigenvalue weighted by atomic mass is 10.2. The molecule has 2 rings (SSSR count). The number of ether oxygens (including phenoxy) is 1. The van der Waals surface area contributed by atoms with Crippen molar-refractivity contribution in [1.82, 2.24) is 14.8 Å². The molecule has 100 valence electrons. The highest BCUT2D eigenvalue weighted by Crippen LogP contribution is 2.15. The molecule has 1 fully saturated rings. The number of carbonyl (C=O) groups excluding carboxylic acids is 1. The van der Waals surface area contributed by atoms with E-state index in [-0.39, 0.29) is 12.1 Å². The third-order valence-electron chi connectivity index (χ3n) is 2.86. The van der Waals surface area contributed by atoms with Gasteiger partial charge in [0.2, 0.25) is 0 Å². The third kappa shape index (κ3) is 3.21. The molecule has 1 saturated heterocycles. The van der Waals surface area contributed by atoms with Crippen LogP contribution in [0.4, 0.5) is 10.5 Å². The van der Waals surface area contributed by atoms with Crippen LogP contribution in [0.2, 0.25) is 0 Å². The molecule has 0 saturated carbocycles. The predicted octanol–water partition coefficient (Wildman–Crippen LogP) is 1.09. The smallest absolute Gasteiger partial charge is 0.345 e. The van der Waals surface area contributed by atoms with Gasteiger partial charge in [0.1, 0.15) is 0 Å². The second kappa shape index (κ2) is 5.83. The molecule has 0 radical (unpaired) electrons. The average Bonchev–Trinajstić information content (AvgIpc) is 3.01. The van der Waals surface area contributed by atoms with Gasteiger partial charge in [0, 0.05) is 19.9 Å². The molecule has 7 nitrogen and oxygen atoms in total. The van der Waals surface area contributed by atoms with E-state index in [0.717, 1.165) is 31.1 Å². The Labute approximate surface area is 106 Å². The van der Waals surface area contributed by atoms with E-state index in [2.05, 4.69) is 10.4 Å². The summed E-state index contributed by atoms with van der Waals surface area (Å²) < 4.78 is 7.30. The second-order valence-electron chi connectivity index (χ2n) is 4.20. The lowest BCUT2D eigenvalue weighted by Gasteiger charge is -2.13. The van der Waals surface area contributed by atoms with Crippen LogP contribution >= 0.6 is 0 Å². The van der Waals surface area contributed by atoms with Gasteiger partial charge in [0.15, 0.2) is 0 Å². The highest BCUT2D eigenvalue weighted by Gasteiger charge is 2.16. The molecule has 1 aliphatic heterocycles. The first-order valence-electron chi connectivity index (χ1n) is 5.92. The predicted molar refractivity (Wildman–Crippen MR) is 65.0 cm³/mol. The fourth-order valence-corrected chi connectivity index (χ4v) is 1.81. The van der Waals surface area contributed by atoms with Gasteiger partial charge in [0.05, 0.1) is 31.6 Å². The van der Waals surface area contributed by atoms with Crippen molar-refractivity contribution in [2.45, 2.75) is 25.5 Å². The Kier molecular flexibility index (Phi) is 4.16. The van der Waals surface area contributed by atoms with Crippen LogP contribution in [0.25, 0.3) is 0 Å². The van der Waals surface area contributed by atoms with Gasteiger partial charge < -0.3 is 10.1 Å². The van der Waals surface area contributed by atoms with Crippen LogP contribution in [0.5, 0.6) is 0 Å². The molecule has 0 aliphatic carbocycles. The van der Waals surface area contributed by atoms with E-state index in [1.165, 1.54) is 14.2 Å². The summed E-state index contributed by atoms with van der Waals surface area (Å²) in [5.74, 6) is 0. The van der Waals surface area contributed by atoms with Crippen LogP contribution in [-0.4, -0.2) is 47.7 Å². The van der Waals surface area contributed by atoms with Gasteiger partial charge in [-0.3, -0.25) is 9.52 Å². The lowest BCUT2D eigenvalue weighted by molar-refractivity contribution is -0.0598. The molecule has 1 N–H and O–H groups in total. The van der Waals surface area contributed by atoms with Gasteiger partial charge >= 0.3 is 6.03 Å². The number of amides is 2. The Hall–Kier alpha value is -1.60. The number of hydrogen-bond acceptors (Lipinski definition) is 4. The number of hydrogen-bond donors (Lipinski definition) is 1. The SMILES string of the molecule is CON(C)C(=O)Nc1cnn(C[C@@H]2CCCO2)c1. The number of nitrogens with one attached hydrogen (secondary N) is 1. The zero-order valence-corrected chi connectivity index (χ0v) is 10.6. The molecular formula is C11H18N4O3. The standard InChI is InChI=1S/C11H18N4O3/c1-14(17-2)11(16)13-9-6-12-15(7-9)8-10-4-3-5-18-10/h6-7,10H,3-5,8H2,1-2H3,(H,13,16)/t10-/m0/s1. The quantitative estimate of drug-likeness (QED) is 0.817. The zero-order chi connectivity index (χ0) is 13.0. The number of rotatable bonds is 4. The minimum Gasteiger partial charge on any atom is -0.376 e. The van der Waals surface area contributed by atoms with Crippen LogP contribution in [-0.2, 0) is 16.1 Å². The summed E-state index contributed by atoms with van der Waals surface area (Å²) in [5.41, 5.74) is 0.641. The number of carbonyl (C=O) groups is 1. The first kappa shape index (κ1) is 12.8. The maximum atomic E-state index is 11.5. The highest BCUT2D eigenvalue weighted by atomic mass is 16.7. The average molecular weight is 254 g/mol. The number of hydroxylamine groups is 2. The van der Waals surface area contributed by atoms with E-state index < -0.39 is 0 Å². The van der Waals surface area contributed by atoms with Crippen molar-refractivity contribution in [1.29, 1.82) is 0 Å². The van der Waals surface area contributed by atoms with E-state index in [4.69, 9.17) is 9.57 Å². The van der Waals surface area contributed by atoms with Crippen molar-refractivity contribution in [2.24, 2.45) is 0 Å². The van der Waals surface area contributed by atoms with E-state index in [0.29, 0.717) is 5.69 Å². The molecule has 1 aliphatic rings. The Morgan fingerprint density at radius 2 is 2.61 bits per heavy atom. The summed E-state index contributed by atoms with van der Waals surface area (Å²) in [6, 6.07) is -0.339. The molecule has 1 aromatic rings. The van der Waals surface area contributed by atoms with Crippen molar-refractivity contribution in [3.8, 4) is 0 Å². The first-order valence-corrected chi connectivity index (χ1v) is 5.92. The van der Waals surface area contributed by atoms with Gasteiger partial charge in [-0.1, -0.05) is 0 Å². The Morgan fingerprint density at radius 1 is 1.78 bits per heavy atom. The lowest BCUT2D eigenvalue weighted by Crippen LogP contribution is -2.30. The number of nitrogens with zero attached hydrogens (tertiary/aromatic N) is 3. The molecule has 7 heteroatoms. The Morgan fingerprint density at radius 3 is 3.28 bits per heavy atom. The van der Waals surface area contributed by atoms with Gasteiger partial charge in [-0.05, 0) is 12.8 Å². The van der Waals surface area contributed by atoms with Crippen molar-refractivity contribution < 1.29 is 14.4 Å². The maximum absolute atomic E-state index is 11.5. The topological polar surface area (TPSA) is 68.6 Å². The van der Waals surface area contributed by atoms with Gasteiger partial charge in [0.25, 0.3) is 0 Å². The first-order chi connectivity index (χ1) is 8.69. The Bertz CT molecular complexity index is 401. The molecule has 1 aromatic heterocycles. The molecule has 0 aromatic carbocycles. The summed E-state index contributed by atoms with van der Waals surface area (Å²) >= 11 is 0. The molecule has 18 heavy (non-hydrogen) atoms. The van der Waals surface area contributed by atoms with E-state index in [1.54, 1.807) is 17.1 Å². The van der Waals surface area contributed by atoms with Crippen LogP contribution in [0.3, 0.4) is 0 Å². The van der Waals surface area contributed by atoms with E-state index >= 15 is 0 Å². The van der Waals surface area contributed by atoms with Crippen molar-refractivity contribution in [3.05, 3.63) is 12.4 Å². The van der Waals surface area contributed by atoms with Gasteiger partial charge in [-0.15, -0.1) is 0 Å². The van der Waals surface area contributed by atoms with Crippen LogP contribution in [0.15, 0.2) is 12.4 Å². The molecule has 0 unspecified atom stereocenters. The molecule has 1 atom stereocenters. The summed E-state index contributed by atoms with van der Waals surface area (Å²) in [5, 5.41) is 7.96. The van der Waals surface area contributed by atoms with Crippen molar-refractivity contribution >= 4 is 11.7 Å². The van der Waals surface area contributed by atoms with Crippen LogP contribution in [0, 0.1) is 0 Å². The van der Waals surface area contributed by atoms with E-state index in [9.17, 15) is 4.79 Å². The number of anilines is 1. The fourth-order valence-electron chi connectivity index (χ4n) is 1.81. The summed E-state index contributed by atoms with van der Waals surface area (Å²) in [7, 11) is 2.96. The minimum atomic E-state index is -0.339. The summed E-state index contributed by atoms with van der Waals surface area (Å²) in [4.78, 5) is 16.3. The molecule has 2 amide bonds. The normalized spacial score (nSPS) is 18.9. The second-order valence-corrected chi connectivity index (χ2v) is 4.20. The third-order valence-corrected chi connectivity index (χ3v) is 2.86. The van der Waals surface area contributed by atoms with Crippen LogP contribution < -0.4 is 5.32 Å². The zero-order valence-electron chi connectivity index (χ0n) is 10.6. The Balaban J connectivity index is 1.87. The minimum absolute atomic E-state index is 0.232. The number of aromatic nitrogens is 2. The molecule has 0 spiro atoms. The monoisotopic (exact) mass is 254 g/mol. The maximum Gasteiger partial charge on any atom is 0.345 e. The van der Waals surface area contributed by atoms with Crippen LogP contribution in [0.1, 0.15) is 12.8 Å². The molecule has 2 heterocycles. The summed E-state index contributed by atoms with van der Waals surface area (Å²) in [6.07, 6.45) is 5.79. The highest BCUT2D eigenvalue weighted by molar-refractivity contribution is 5.87.